The normalized spacial score (nSPS) is 11.1. The molecule has 0 saturated heterocycles. The van der Waals surface area contributed by atoms with Gasteiger partial charge in [0.05, 0.1) is 17.1 Å². The highest BCUT2D eigenvalue weighted by Crippen LogP contribution is 2.44. The Labute approximate surface area is 400 Å². The molecule has 0 unspecified atom stereocenters. The van der Waals surface area contributed by atoms with Gasteiger partial charge < -0.3 is 4.90 Å². The van der Waals surface area contributed by atoms with Crippen molar-refractivity contribution in [2.75, 3.05) is 9.80 Å². The third-order valence-electron chi connectivity index (χ3n) is 12.4. The van der Waals surface area contributed by atoms with E-state index in [1.807, 2.05) is 71.8 Å². The molecule has 0 atom stereocenters. The first-order valence-corrected chi connectivity index (χ1v) is 23.1. The summed E-state index contributed by atoms with van der Waals surface area (Å²) in [6.07, 6.45) is 1.93. The van der Waals surface area contributed by atoms with Crippen LogP contribution in [-0.4, -0.2) is 19.9 Å². The fraction of sp³-hybridized carbons (Fsp3) is 0.0968. The SMILES string of the molecule is Cc1cc(C)c(N(c2ccc(N(c3ccc(-c4ccccc4)cn3)c3nc(-c4ccccc4)nc(-c4cc(-c5ccccc5)cc(-c5ccccc5)c4)n3)cc2)c2c(C)cc(C)cc2C)c(C)c1. The minimum atomic E-state index is 0.445. The Balaban J connectivity index is 1.18. The summed E-state index contributed by atoms with van der Waals surface area (Å²) in [7, 11) is 0. The topological polar surface area (TPSA) is 58.0 Å². The van der Waals surface area contributed by atoms with Gasteiger partial charge in [-0.15, -0.1) is 0 Å². The summed E-state index contributed by atoms with van der Waals surface area (Å²) < 4.78 is 0. The molecule has 0 saturated carbocycles. The summed E-state index contributed by atoms with van der Waals surface area (Å²) in [6.45, 7) is 13.2. The Morgan fingerprint density at radius 1 is 0.309 bits per heavy atom. The Hall–Kier alpha value is -8.48. The number of benzene rings is 8. The van der Waals surface area contributed by atoms with Crippen LogP contribution in [0.5, 0.6) is 0 Å². The van der Waals surface area contributed by atoms with Crippen molar-refractivity contribution in [2.24, 2.45) is 0 Å². The van der Waals surface area contributed by atoms with Crippen LogP contribution in [0.2, 0.25) is 0 Å². The number of aromatic nitrogens is 4. The summed E-state index contributed by atoms with van der Waals surface area (Å²) in [5, 5.41) is 0. The molecule has 0 spiro atoms. The van der Waals surface area contributed by atoms with Gasteiger partial charge in [-0.05, 0) is 146 Å². The van der Waals surface area contributed by atoms with E-state index in [1.54, 1.807) is 0 Å². The van der Waals surface area contributed by atoms with E-state index in [4.69, 9.17) is 19.9 Å². The van der Waals surface area contributed by atoms with Gasteiger partial charge >= 0.3 is 0 Å². The molecule has 0 aliphatic carbocycles. The van der Waals surface area contributed by atoms with Crippen molar-refractivity contribution < 1.29 is 0 Å². The fourth-order valence-corrected chi connectivity index (χ4v) is 9.50. The molecule has 0 amide bonds. The van der Waals surface area contributed by atoms with Crippen LogP contribution >= 0.6 is 0 Å². The average Bonchev–Trinajstić information content (AvgIpc) is 3.37. The Morgan fingerprint density at radius 3 is 1.12 bits per heavy atom. The second-order valence-electron chi connectivity index (χ2n) is 17.6. The molecule has 330 valence electrons. The van der Waals surface area contributed by atoms with E-state index in [0.717, 1.165) is 55.9 Å². The van der Waals surface area contributed by atoms with E-state index in [1.165, 1.54) is 44.8 Å². The zero-order valence-electron chi connectivity index (χ0n) is 39.3. The van der Waals surface area contributed by atoms with Gasteiger partial charge in [-0.25, -0.2) is 9.97 Å². The maximum atomic E-state index is 5.40. The molecule has 10 aromatic rings. The molecule has 8 aromatic carbocycles. The van der Waals surface area contributed by atoms with E-state index in [2.05, 4.69) is 186 Å². The standard InChI is InChI=1S/C62H52N6/c1-41-33-43(3)58(44(4)34-41)68(59-45(5)35-42(2)36-46(59)6)56-30-28-55(29-31-56)67(57-32-27-51(40-63-57)47-19-11-7-12-20-47)62-65-60(50-25-17-10-18-26-50)64-61(66-62)54-38-52(48-21-13-8-14-22-48)37-53(39-54)49-23-15-9-16-24-49/h7-40H,1-6H3. The second kappa shape index (κ2) is 18.8. The molecule has 0 radical (unpaired) electrons. The summed E-state index contributed by atoms with van der Waals surface area (Å²) >= 11 is 0. The van der Waals surface area contributed by atoms with Gasteiger partial charge in [0.25, 0.3) is 0 Å². The molecule has 6 nitrogen and oxygen atoms in total. The summed E-state index contributed by atoms with van der Waals surface area (Å²) in [5.74, 6) is 2.22. The molecule has 0 N–H and O–H groups in total. The maximum Gasteiger partial charge on any atom is 0.239 e. The van der Waals surface area contributed by atoms with Gasteiger partial charge in [-0.1, -0.05) is 157 Å². The molecule has 68 heavy (non-hydrogen) atoms. The van der Waals surface area contributed by atoms with Crippen LogP contribution in [0.15, 0.2) is 206 Å². The molecule has 10 rings (SSSR count). The van der Waals surface area contributed by atoms with Crippen LogP contribution in [0.3, 0.4) is 0 Å². The van der Waals surface area contributed by atoms with Crippen LogP contribution in [0.4, 0.5) is 34.5 Å². The molecule has 0 fully saturated rings. The number of aryl methyl sites for hydroxylation is 6. The minimum Gasteiger partial charge on any atom is -0.309 e. The molecule has 0 bridgehead atoms. The van der Waals surface area contributed by atoms with E-state index in [0.29, 0.717) is 23.4 Å². The Morgan fingerprint density at radius 2 is 0.691 bits per heavy atom. The molecule has 2 heterocycles. The van der Waals surface area contributed by atoms with Crippen LogP contribution in [-0.2, 0) is 0 Å². The van der Waals surface area contributed by atoms with Crippen LogP contribution in [0.25, 0.3) is 56.2 Å². The van der Waals surface area contributed by atoms with Gasteiger partial charge in [0.1, 0.15) is 5.82 Å². The van der Waals surface area contributed by atoms with Crippen molar-refractivity contribution in [3.8, 4) is 56.2 Å². The lowest BCUT2D eigenvalue weighted by Crippen LogP contribution is -2.18. The van der Waals surface area contributed by atoms with Crippen molar-refractivity contribution in [3.05, 3.63) is 240 Å². The van der Waals surface area contributed by atoms with Gasteiger partial charge in [-0.2, -0.15) is 9.97 Å². The van der Waals surface area contributed by atoms with Gasteiger partial charge in [0.2, 0.25) is 5.95 Å². The molecule has 6 heteroatoms. The molecular weight excluding hydrogens is 829 g/mol. The summed E-state index contributed by atoms with van der Waals surface area (Å²) in [6, 6.07) is 70.0. The molecule has 0 aliphatic heterocycles. The maximum absolute atomic E-state index is 5.40. The number of hydrogen-bond acceptors (Lipinski definition) is 6. The predicted octanol–water partition coefficient (Wildman–Crippen LogP) is 16.4. The largest absolute Gasteiger partial charge is 0.309 e. The highest BCUT2D eigenvalue weighted by molar-refractivity contribution is 5.86. The highest BCUT2D eigenvalue weighted by Gasteiger charge is 2.25. The van der Waals surface area contributed by atoms with Crippen molar-refractivity contribution in [3.63, 3.8) is 0 Å². The van der Waals surface area contributed by atoms with Crippen LogP contribution < -0.4 is 9.80 Å². The summed E-state index contributed by atoms with van der Waals surface area (Å²) in [4.78, 5) is 25.6. The number of anilines is 6. The lowest BCUT2D eigenvalue weighted by molar-refractivity contribution is 1.01. The number of pyridine rings is 1. The quantitative estimate of drug-likeness (QED) is 0.129. The predicted molar refractivity (Wildman–Crippen MR) is 283 cm³/mol. The van der Waals surface area contributed by atoms with E-state index in [-0.39, 0.29) is 0 Å². The van der Waals surface area contributed by atoms with Crippen molar-refractivity contribution in [1.82, 2.24) is 19.9 Å². The van der Waals surface area contributed by atoms with Crippen LogP contribution in [0, 0.1) is 41.5 Å². The minimum absolute atomic E-state index is 0.445. The van der Waals surface area contributed by atoms with E-state index < -0.39 is 0 Å². The number of hydrogen-bond donors (Lipinski definition) is 0. The zero-order chi connectivity index (χ0) is 46.7. The van der Waals surface area contributed by atoms with Gasteiger partial charge in [-0.3, -0.25) is 4.90 Å². The molecule has 0 aliphatic rings. The summed E-state index contributed by atoms with van der Waals surface area (Å²) in [5.41, 5.74) is 19.8. The first-order valence-electron chi connectivity index (χ1n) is 23.1. The second-order valence-corrected chi connectivity index (χ2v) is 17.6. The van der Waals surface area contributed by atoms with E-state index in [9.17, 15) is 0 Å². The third-order valence-corrected chi connectivity index (χ3v) is 12.4. The average molecular weight is 881 g/mol. The lowest BCUT2D eigenvalue weighted by Gasteiger charge is -2.32. The zero-order valence-corrected chi connectivity index (χ0v) is 39.3. The monoisotopic (exact) mass is 880 g/mol. The van der Waals surface area contributed by atoms with Gasteiger partial charge in [0.15, 0.2) is 11.6 Å². The van der Waals surface area contributed by atoms with E-state index >= 15 is 0 Å². The lowest BCUT2D eigenvalue weighted by atomic mass is 9.96. The number of nitrogens with zero attached hydrogens (tertiary/aromatic N) is 6. The third kappa shape index (κ3) is 8.92. The molecule has 2 aromatic heterocycles. The Kier molecular flexibility index (Phi) is 12.0. The van der Waals surface area contributed by atoms with Crippen LogP contribution in [0.1, 0.15) is 33.4 Å². The van der Waals surface area contributed by atoms with Crippen molar-refractivity contribution >= 4 is 34.5 Å². The smallest absolute Gasteiger partial charge is 0.239 e. The molecular formula is C62H52N6. The first kappa shape index (κ1) is 43.4. The highest BCUT2D eigenvalue weighted by atomic mass is 15.3. The van der Waals surface area contributed by atoms with Crippen molar-refractivity contribution in [2.45, 2.75) is 41.5 Å². The number of rotatable bonds is 11. The van der Waals surface area contributed by atoms with Gasteiger partial charge in [0, 0.05) is 28.6 Å². The Bertz CT molecular complexity index is 3210. The first-order chi connectivity index (χ1) is 33.2. The van der Waals surface area contributed by atoms with Crippen molar-refractivity contribution in [1.29, 1.82) is 0 Å². The fourth-order valence-electron chi connectivity index (χ4n) is 9.50.